The van der Waals surface area contributed by atoms with Crippen molar-refractivity contribution < 1.29 is 9.90 Å². The lowest BCUT2D eigenvalue weighted by Crippen LogP contribution is -2.42. The summed E-state index contributed by atoms with van der Waals surface area (Å²) in [6.07, 6.45) is 5.16. The first kappa shape index (κ1) is 18.4. The number of nitrogens with one attached hydrogen (secondary N) is 1. The van der Waals surface area contributed by atoms with Gasteiger partial charge in [-0.25, -0.2) is 4.98 Å². The molecule has 0 radical (unpaired) electrons. The second-order valence-electron chi connectivity index (χ2n) is 7.20. The van der Waals surface area contributed by atoms with Crippen LogP contribution in [0.2, 0.25) is 5.02 Å². The number of amides is 1. The van der Waals surface area contributed by atoms with Crippen molar-refractivity contribution in [2.24, 2.45) is 4.99 Å². The fourth-order valence-electron chi connectivity index (χ4n) is 3.52. The maximum absolute atomic E-state index is 13.2. The van der Waals surface area contributed by atoms with Gasteiger partial charge in [0.25, 0.3) is 0 Å². The maximum atomic E-state index is 13.2. The van der Waals surface area contributed by atoms with Crippen LogP contribution in [0.3, 0.4) is 0 Å². The number of aromatic nitrogens is 1. The number of aliphatic hydroxyl groups excluding tert-OH is 1. The van der Waals surface area contributed by atoms with Crippen LogP contribution < -0.4 is 10.2 Å². The SMILES string of the molecule is O=C1C2Sc3ncc(Br)c(NC4(CO)CC4)c3C2N=CN1c1ccc(Cl)cc1. The molecule has 1 fully saturated rings. The minimum Gasteiger partial charge on any atom is -0.394 e. The van der Waals surface area contributed by atoms with Gasteiger partial charge in [-0.1, -0.05) is 23.4 Å². The molecular weight excluding hydrogens is 464 g/mol. The first-order chi connectivity index (χ1) is 13.5. The summed E-state index contributed by atoms with van der Waals surface area (Å²) in [5.74, 6) is -0.0318. The third-order valence-electron chi connectivity index (χ3n) is 5.33. The molecule has 1 aromatic heterocycles. The van der Waals surface area contributed by atoms with Crippen LogP contribution in [0.5, 0.6) is 0 Å². The lowest BCUT2D eigenvalue weighted by atomic mass is 10.0. The molecule has 1 aliphatic carbocycles. The number of benzene rings is 1. The van der Waals surface area contributed by atoms with Crippen molar-refractivity contribution in [2.75, 3.05) is 16.8 Å². The molecule has 3 aliphatic rings. The predicted octanol–water partition coefficient (Wildman–Crippen LogP) is 4.02. The minimum absolute atomic E-state index is 0.0318. The molecule has 6 nitrogen and oxygen atoms in total. The first-order valence-electron chi connectivity index (χ1n) is 8.87. The summed E-state index contributed by atoms with van der Waals surface area (Å²) >= 11 is 11.0. The van der Waals surface area contributed by atoms with E-state index in [4.69, 9.17) is 16.6 Å². The number of hydrogen-bond acceptors (Lipinski definition) is 6. The van der Waals surface area contributed by atoms with E-state index in [0.29, 0.717) is 5.02 Å². The number of thioether (sulfide) groups is 1. The van der Waals surface area contributed by atoms with Crippen molar-refractivity contribution in [1.82, 2.24) is 4.98 Å². The second-order valence-corrected chi connectivity index (χ2v) is 9.62. The number of fused-ring (bicyclic) bond motifs is 3. The molecule has 2 aliphatic heterocycles. The number of aliphatic hydroxyl groups is 1. The van der Waals surface area contributed by atoms with Crippen LogP contribution in [-0.2, 0) is 4.79 Å². The van der Waals surface area contributed by atoms with Crippen molar-refractivity contribution >= 4 is 62.9 Å². The first-order valence-corrected chi connectivity index (χ1v) is 10.9. The smallest absolute Gasteiger partial charge is 0.248 e. The van der Waals surface area contributed by atoms with Crippen LogP contribution in [0.4, 0.5) is 11.4 Å². The van der Waals surface area contributed by atoms with Crippen LogP contribution in [0.1, 0.15) is 24.4 Å². The van der Waals surface area contributed by atoms with E-state index >= 15 is 0 Å². The van der Waals surface area contributed by atoms with Gasteiger partial charge in [-0.15, -0.1) is 0 Å². The van der Waals surface area contributed by atoms with Gasteiger partial charge in [0.05, 0.1) is 28.6 Å². The Bertz CT molecular complexity index is 996. The van der Waals surface area contributed by atoms with E-state index in [1.54, 1.807) is 41.7 Å². The third kappa shape index (κ3) is 2.94. The summed E-state index contributed by atoms with van der Waals surface area (Å²) in [5.41, 5.74) is 2.25. The molecule has 1 amide bonds. The van der Waals surface area contributed by atoms with E-state index in [2.05, 4.69) is 26.2 Å². The standard InChI is InChI=1S/C19H16BrClN4O2S/c20-12-7-22-17-13(14(12)24-19(8-26)5-6-19)15-16(28-17)18(27)25(9-23-15)11-3-1-10(21)2-4-11/h1-4,7,9,15-16,26H,5-6,8H2,(H,22,24). The summed E-state index contributed by atoms with van der Waals surface area (Å²) < 4.78 is 0.815. The summed E-state index contributed by atoms with van der Waals surface area (Å²) in [7, 11) is 0. The summed E-state index contributed by atoms with van der Waals surface area (Å²) in [5, 5.41) is 14.2. The molecule has 1 saturated carbocycles. The van der Waals surface area contributed by atoms with Gasteiger partial charge in [0.2, 0.25) is 5.91 Å². The van der Waals surface area contributed by atoms with Gasteiger partial charge < -0.3 is 10.4 Å². The number of nitrogens with zero attached hydrogens (tertiary/aromatic N) is 3. The number of halogens is 2. The number of rotatable bonds is 4. The lowest BCUT2D eigenvalue weighted by molar-refractivity contribution is -0.117. The van der Waals surface area contributed by atoms with Crippen LogP contribution in [0.15, 0.2) is 45.0 Å². The molecule has 0 spiro atoms. The molecule has 0 bridgehead atoms. The molecule has 2 unspecified atom stereocenters. The van der Waals surface area contributed by atoms with Crippen LogP contribution in [0, 0.1) is 0 Å². The Balaban J connectivity index is 1.51. The topological polar surface area (TPSA) is 77.8 Å². The fourth-order valence-corrected chi connectivity index (χ4v) is 5.32. The highest BCUT2D eigenvalue weighted by atomic mass is 79.9. The number of anilines is 2. The van der Waals surface area contributed by atoms with Gasteiger partial charge in [-0.3, -0.25) is 14.7 Å². The number of carbonyl (C=O) groups is 1. The number of hydrogen-bond donors (Lipinski definition) is 2. The predicted molar refractivity (Wildman–Crippen MR) is 114 cm³/mol. The van der Waals surface area contributed by atoms with Crippen molar-refractivity contribution in [3.63, 3.8) is 0 Å². The van der Waals surface area contributed by atoms with E-state index in [1.165, 1.54) is 11.8 Å². The molecule has 0 saturated heterocycles. The Hall–Kier alpha value is -1.61. The van der Waals surface area contributed by atoms with Gasteiger partial charge >= 0.3 is 0 Å². The normalized spacial score (nSPS) is 24.1. The molecule has 2 atom stereocenters. The number of aliphatic imine (C=N–C) groups is 1. The van der Waals surface area contributed by atoms with Gasteiger partial charge in [0.15, 0.2) is 0 Å². The Morgan fingerprint density at radius 2 is 2.11 bits per heavy atom. The fraction of sp³-hybridized carbons (Fsp3) is 0.316. The van der Waals surface area contributed by atoms with Crippen LogP contribution in [-0.4, -0.2) is 39.7 Å². The third-order valence-corrected chi connectivity index (χ3v) is 7.44. The summed E-state index contributed by atoms with van der Waals surface area (Å²) in [6.45, 7) is 0.0737. The minimum atomic E-state index is -0.373. The highest BCUT2D eigenvalue weighted by molar-refractivity contribution is 9.10. The molecule has 144 valence electrons. The van der Waals surface area contributed by atoms with Crippen LogP contribution >= 0.6 is 39.3 Å². The van der Waals surface area contributed by atoms with E-state index < -0.39 is 0 Å². The van der Waals surface area contributed by atoms with Crippen LogP contribution in [0.25, 0.3) is 0 Å². The maximum Gasteiger partial charge on any atom is 0.248 e. The van der Waals surface area contributed by atoms with Crippen molar-refractivity contribution in [2.45, 2.75) is 34.7 Å². The van der Waals surface area contributed by atoms with Crippen molar-refractivity contribution in [3.05, 3.63) is 45.5 Å². The zero-order chi connectivity index (χ0) is 19.5. The van der Waals surface area contributed by atoms with Gasteiger partial charge in [-0.05, 0) is 53.0 Å². The molecule has 3 heterocycles. The Labute approximate surface area is 179 Å². The molecule has 5 rings (SSSR count). The highest BCUT2D eigenvalue weighted by Gasteiger charge is 2.48. The summed E-state index contributed by atoms with van der Waals surface area (Å²) in [6, 6.07) is 6.81. The molecular formula is C19H16BrClN4O2S. The molecule has 9 heteroatoms. The Morgan fingerprint density at radius 3 is 2.79 bits per heavy atom. The molecule has 28 heavy (non-hydrogen) atoms. The molecule has 1 aromatic carbocycles. The number of pyridine rings is 1. The van der Waals surface area contributed by atoms with Crippen molar-refractivity contribution in [3.8, 4) is 0 Å². The zero-order valence-corrected chi connectivity index (χ0v) is 17.8. The average Bonchev–Trinajstić information content (AvgIpc) is 3.37. The van der Waals surface area contributed by atoms with E-state index in [1.807, 2.05) is 0 Å². The Kier molecular flexibility index (Phi) is 4.42. The van der Waals surface area contributed by atoms with Gasteiger partial charge in [0, 0.05) is 22.5 Å². The molecule has 2 N–H and O–H groups in total. The second kappa shape index (κ2) is 6.73. The van der Waals surface area contributed by atoms with E-state index in [-0.39, 0.29) is 29.3 Å². The zero-order valence-electron chi connectivity index (χ0n) is 14.6. The average molecular weight is 480 g/mol. The molecule has 2 aromatic rings. The largest absolute Gasteiger partial charge is 0.394 e. The monoisotopic (exact) mass is 478 g/mol. The quantitative estimate of drug-likeness (QED) is 0.692. The van der Waals surface area contributed by atoms with Gasteiger partial charge in [-0.2, -0.15) is 0 Å². The van der Waals surface area contributed by atoms with E-state index in [0.717, 1.165) is 39.3 Å². The van der Waals surface area contributed by atoms with Gasteiger partial charge in [0.1, 0.15) is 16.3 Å². The highest BCUT2D eigenvalue weighted by Crippen LogP contribution is 2.53. The Morgan fingerprint density at radius 1 is 1.36 bits per heavy atom. The number of carbonyl (C=O) groups excluding carboxylic acids is 1. The van der Waals surface area contributed by atoms with Crippen molar-refractivity contribution in [1.29, 1.82) is 0 Å². The lowest BCUT2D eigenvalue weighted by Gasteiger charge is -2.29. The van der Waals surface area contributed by atoms with E-state index in [9.17, 15) is 9.90 Å². The summed E-state index contributed by atoms with van der Waals surface area (Å²) in [4.78, 5) is 24.0.